The van der Waals surface area contributed by atoms with Crippen LogP contribution < -0.4 is 9.80 Å². The van der Waals surface area contributed by atoms with Gasteiger partial charge in [0.25, 0.3) is 0 Å². The topological polar surface area (TPSA) is 49.3 Å². The number of rotatable bonds is 3. The lowest BCUT2D eigenvalue weighted by Crippen LogP contribution is -2.32. The predicted octanol–water partition coefficient (Wildman–Crippen LogP) is 2.54. The summed E-state index contributed by atoms with van der Waals surface area (Å²) >= 11 is 0. The van der Waals surface area contributed by atoms with Crippen molar-refractivity contribution < 1.29 is 9.18 Å². The summed E-state index contributed by atoms with van der Waals surface area (Å²) in [5, 5.41) is 0. The van der Waals surface area contributed by atoms with Crippen molar-refractivity contribution in [1.29, 1.82) is 0 Å². The molecule has 0 saturated carbocycles. The summed E-state index contributed by atoms with van der Waals surface area (Å²) in [6, 6.07) is 6.59. The predicted molar refractivity (Wildman–Crippen MR) is 87.5 cm³/mol. The van der Waals surface area contributed by atoms with E-state index in [1.165, 1.54) is 13.0 Å². The molecule has 0 atom stereocenters. The van der Waals surface area contributed by atoms with Crippen LogP contribution in [0.3, 0.4) is 0 Å². The molecule has 1 saturated heterocycles. The second-order valence-electron chi connectivity index (χ2n) is 5.57. The van der Waals surface area contributed by atoms with Gasteiger partial charge in [0.1, 0.15) is 5.82 Å². The maximum atomic E-state index is 14.0. The summed E-state index contributed by atoms with van der Waals surface area (Å²) in [4.78, 5) is 24.6. The Balaban J connectivity index is 1.81. The molecule has 1 aromatic heterocycles. The van der Waals surface area contributed by atoms with Gasteiger partial charge in [0, 0.05) is 38.6 Å². The van der Waals surface area contributed by atoms with Crippen molar-refractivity contribution >= 4 is 17.4 Å². The van der Waals surface area contributed by atoms with E-state index in [-0.39, 0.29) is 11.3 Å². The highest BCUT2D eigenvalue weighted by molar-refractivity contribution is 6.00. The molecule has 120 valence electrons. The van der Waals surface area contributed by atoms with Gasteiger partial charge in [-0.3, -0.25) is 4.79 Å². The fourth-order valence-corrected chi connectivity index (χ4v) is 2.94. The lowest BCUT2D eigenvalue weighted by atomic mass is 10.1. The molecule has 2 aromatic rings. The molecule has 2 heterocycles. The smallest absolute Gasteiger partial charge is 0.225 e. The number of benzene rings is 1. The van der Waals surface area contributed by atoms with Crippen LogP contribution in [0.5, 0.6) is 0 Å². The Morgan fingerprint density at radius 3 is 2.48 bits per heavy atom. The highest BCUT2D eigenvalue weighted by atomic mass is 19.1. The Morgan fingerprint density at radius 1 is 1.04 bits per heavy atom. The first kappa shape index (κ1) is 15.4. The molecule has 5 nitrogen and oxygen atoms in total. The maximum absolute atomic E-state index is 14.0. The number of carbonyl (C=O) groups is 1. The van der Waals surface area contributed by atoms with E-state index in [2.05, 4.69) is 19.8 Å². The summed E-state index contributed by atoms with van der Waals surface area (Å²) < 4.78 is 14.0. The average molecular weight is 314 g/mol. The van der Waals surface area contributed by atoms with E-state index in [0.717, 1.165) is 26.1 Å². The molecule has 1 fully saturated rings. The van der Waals surface area contributed by atoms with E-state index in [0.29, 0.717) is 18.2 Å². The van der Waals surface area contributed by atoms with Crippen LogP contribution in [-0.4, -0.2) is 41.9 Å². The first-order valence-electron chi connectivity index (χ1n) is 7.73. The van der Waals surface area contributed by atoms with Crippen molar-refractivity contribution in [2.45, 2.75) is 13.3 Å². The fraction of sp³-hybridized carbons (Fsp3) is 0.353. The van der Waals surface area contributed by atoms with Crippen molar-refractivity contribution in [3.8, 4) is 0 Å². The summed E-state index contributed by atoms with van der Waals surface area (Å²) in [7, 11) is 0. The number of nitrogens with zero attached hydrogens (tertiary/aromatic N) is 4. The van der Waals surface area contributed by atoms with Crippen LogP contribution >= 0.6 is 0 Å². The molecular formula is C17H19FN4O. The minimum atomic E-state index is -0.456. The number of ketones is 1. The third-order valence-corrected chi connectivity index (χ3v) is 4.02. The maximum Gasteiger partial charge on any atom is 0.225 e. The van der Waals surface area contributed by atoms with Gasteiger partial charge >= 0.3 is 0 Å². The van der Waals surface area contributed by atoms with E-state index in [4.69, 9.17) is 0 Å². The second-order valence-corrected chi connectivity index (χ2v) is 5.57. The first-order chi connectivity index (χ1) is 11.2. The Labute approximate surface area is 134 Å². The second kappa shape index (κ2) is 6.73. The molecule has 0 amide bonds. The molecular weight excluding hydrogens is 295 g/mol. The zero-order valence-corrected chi connectivity index (χ0v) is 13.1. The number of Topliss-reactive ketones (excluding diaryl/α,β-unsaturated/α-hetero) is 1. The van der Waals surface area contributed by atoms with Crippen LogP contribution in [0.4, 0.5) is 16.0 Å². The van der Waals surface area contributed by atoms with Gasteiger partial charge in [-0.25, -0.2) is 14.4 Å². The van der Waals surface area contributed by atoms with Gasteiger partial charge in [-0.2, -0.15) is 0 Å². The monoisotopic (exact) mass is 314 g/mol. The molecule has 23 heavy (non-hydrogen) atoms. The van der Waals surface area contributed by atoms with Crippen LogP contribution in [0.2, 0.25) is 0 Å². The highest BCUT2D eigenvalue weighted by Gasteiger charge is 2.21. The minimum absolute atomic E-state index is 0.178. The van der Waals surface area contributed by atoms with Crippen molar-refractivity contribution in [2.24, 2.45) is 0 Å². The quantitative estimate of drug-likeness (QED) is 0.815. The van der Waals surface area contributed by atoms with Crippen LogP contribution in [-0.2, 0) is 0 Å². The van der Waals surface area contributed by atoms with E-state index in [9.17, 15) is 9.18 Å². The standard InChI is InChI=1S/C17H19FN4O/c1-13(23)16-14(18)5-2-6-15(16)21-9-4-10-22(12-11-21)17-19-7-3-8-20-17/h2-3,5-8H,4,9-12H2,1H3. The lowest BCUT2D eigenvalue weighted by Gasteiger charge is -2.25. The normalized spacial score (nSPS) is 15.4. The van der Waals surface area contributed by atoms with Crippen molar-refractivity contribution in [2.75, 3.05) is 36.0 Å². The van der Waals surface area contributed by atoms with E-state index < -0.39 is 5.82 Å². The lowest BCUT2D eigenvalue weighted by molar-refractivity contribution is 0.101. The van der Waals surface area contributed by atoms with Gasteiger partial charge in [0.15, 0.2) is 5.78 Å². The first-order valence-corrected chi connectivity index (χ1v) is 7.73. The van der Waals surface area contributed by atoms with Crippen molar-refractivity contribution in [1.82, 2.24) is 9.97 Å². The third kappa shape index (κ3) is 3.31. The molecule has 0 radical (unpaired) electrons. The molecule has 0 unspecified atom stereocenters. The summed E-state index contributed by atoms with van der Waals surface area (Å²) in [5.74, 6) is 0.00785. The van der Waals surface area contributed by atoms with Crippen molar-refractivity contribution in [3.63, 3.8) is 0 Å². The minimum Gasteiger partial charge on any atom is -0.369 e. The van der Waals surface area contributed by atoms with Gasteiger partial charge in [-0.05, 0) is 31.5 Å². The molecule has 6 heteroatoms. The molecule has 0 bridgehead atoms. The van der Waals surface area contributed by atoms with Crippen LogP contribution in [0, 0.1) is 5.82 Å². The summed E-state index contributed by atoms with van der Waals surface area (Å²) in [5.41, 5.74) is 0.852. The number of hydrogen-bond donors (Lipinski definition) is 0. The van der Waals surface area contributed by atoms with Crippen LogP contribution in [0.25, 0.3) is 0 Å². The fourth-order valence-electron chi connectivity index (χ4n) is 2.94. The molecule has 0 N–H and O–H groups in total. The Hall–Kier alpha value is -2.50. The SMILES string of the molecule is CC(=O)c1c(F)cccc1N1CCCN(c2ncccn2)CC1. The molecule has 0 spiro atoms. The molecule has 1 aromatic carbocycles. The van der Waals surface area contributed by atoms with Crippen LogP contribution in [0.1, 0.15) is 23.7 Å². The van der Waals surface area contributed by atoms with Gasteiger partial charge in [0.05, 0.1) is 11.3 Å². The Bertz CT molecular complexity index is 692. The summed E-state index contributed by atoms with van der Waals surface area (Å²) in [6.07, 6.45) is 4.35. The molecule has 1 aliphatic heterocycles. The number of aromatic nitrogens is 2. The van der Waals surface area contributed by atoms with E-state index >= 15 is 0 Å². The van der Waals surface area contributed by atoms with Gasteiger partial charge < -0.3 is 9.80 Å². The summed E-state index contributed by atoms with van der Waals surface area (Å²) in [6.45, 7) is 4.45. The molecule has 3 rings (SSSR count). The number of carbonyl (C=O) groups excluding carboxylic acids is 1. The van der Waals surface area contributed by atoms with Gasteiger partial charge in [0.2, 0.25) is 5.95 Å². The van der Waals surface area contributed by atoms with Gasteiger partial charge in [-0.1, -0.05) is 6.07 Å². The van der Waals surface area contributed by atoms with E-state index in [1.807, 2.05) is 6.07 Å². The largest absolute Gasteiger partial charge is 0.369 e. The third-order valence-electron chi connectivity index (χ3n) is 4.02. The molecule has 1 aliphatic rings. The number of halogens is 1. The van der Waals surface area contributed by atoms with Gasteiger partial charge in [-0.15, -0.1) is 0 Å². The zero-order chi connectivity index (χ0) is 16.2. The van der Waals surface area contributed by atoms with Crippen LogP contribution in [0.15, 0.2) is 36.7 Å². The number of anilines is 2. The van der Waals surface area contributed by atoms with E-state index in [1.54, 1.807) is 24.5 Å². The number of hydrogen-bond acceptors (Lipinski definition) is 5. The Kier molecular flexibility index (Phi) is 4.50. The van der Waals surface area contributed by atoms with Crippen molar-refractivity contribution in [3.05, 3.63) is 48.0 Å². The average Bonchev–Trinajstić information content (AvgIpc) is 2.81. The molecule has 0 aliphatic carbocycles. The zero-order valence-electron chi connectivity index (χ0n) is 13.1. The highest BCUT2D eigenvalue weighted by Crippen LogP contribution is 2.25. The Morgan fingerprint density at radius 2 is 1.74 bits per heavy atom.